The maximum Gasteiger partial charge on any atom is 0.134 e. The van der Waals surface area contributed by atoms with Crippen molar-refractivity contribution in [3.8, 4) is 0 Å². The van der Waals surface area contributed by atoms with Crippen molar-refractivity contribution in [1.29, 1.82) is 0 Å². The zero-order valence-electron chi connectivity index (χ0n) is 8.58. The predicted octanol–water partition coefficient (Wildman–Crippen LogP) is 2.63. The molecule has 1 aromatic carbocycles. The van der Waals surface area contributed by atoms with Crippen LogP contribution in [0.5, 0.6) is 0 Å². The molecule has 14 heavy (non-hydrogen) atoms. The van der Waals surface area contributed by atoms with Crippen molar-refractivity contribution in [3.63, 3.8) is 0 Å². The summed E-state index contributed by atoms with van der Waals surface area (Å²) in [6.45, 7) is 3.98. The van der Waals surface area contributed by atoms with Crippen molar-refractivity contribution in [2.75, 3.05) is 0 Å². The summed E-state index contributed by atoms with van der Waals surface area (Å²) in [4.78, 5) is 0. The monoisotopic (exact) mass is 189 g/mol. The van der Waals surface area contributed by atoms with Gasteiger partial charge >= 0.3 is 0 Å². The molecule has 2 nitrogen and oxygen atoms in total. The summed E-state index contributed by atoms with van der Waals surface area (Å²) in [6.07, 6.45) is 0.917. The molecule has 0 saturated heterocycles. The highest BCUT2D eigenvalue weighted by Crippen LogP contribution is 2.20. The van der Waals surface area contributed by atoms with Gasteiger partial charge in [-0.05, 0) is 44.0 Å². The molecule has 1 unspecified atom stereocenters. The highest BCUT2D eigenvalue weighted by Gasteiger charge is 2.02. The maximum atomic E-state index is 5.75. The van der Waals surface area contributed by atoms with Crippen molar-refractivity contribution in [3.05, 3.63) is 35.6 Å². The van der Waals surface area contributed by atoms with E-state index in [4.69, 9.17) is 10.2 Å². The summed E-state index contributed by atoms with van der Waals surface area (Å²) in [5.74, 6) is 0.956. The lowest BCUT2D eigenvalue weighted by molar-refractivity contribution is 0.578. The first-order valence-electron chi connectivity index (χ1n) is 4.90. The predicted molar refractivity (Wildman–Crippen MR) is 58.3 cm³/mol. The SMILES string of the molecule is Cc1cc2cc(CC(C)N)ccc2o1. The highest BCUT2D eigenvalue weighted by molar-refractivity contribution is 5.78. The number of benzene rings is 1. The molecule has 2 aromatic rings. The van der Waals surface area contributed by atoms with Gasteiger partial charge in [-0.3, -0.25) is 0 Å². The molecular formula is C12H15NO. The molecule has 74 valence electrons. The van der Waals surface area contributed by atoms with Gasteiger partial charge in [0.25, 0.3) is 0 Å². The van der Waals surface area contributed by atoms with Gasteiger partial charge in [-0.2, -0.15) is 0 Å². The molecule has 0 bridgehead atoms. The molecule has 0 aliphatic rings. The van der Waals surface area contributed by atoms with Gasteiger partial charge in [0.2, 0.25) is 0 Å². The van der Waals surface area contributed by atoms with E-state index in [-0.39, 0.29) is 6.04 Å². The van der Waals surface area contributed by atoms with E-state index < -0.39 is 0 Å². The fourth-order valence-electron chi connectivity index (χ4n) is 1.72. The Morgan fingerprint density at radius 3 is 2.86 bits per heavy atom. The normalized spacial score (nSPS) is 13.4. The topological polar surface area (TPSA) is 39.2 Å². The van der Waals surface area contributed by atoms with E-state index in [0.29, 0.717) is 0 Å². The van der Waals surface area contributed by atoms with Crippen LogP contribution in [0.3, 0.4) is 0 Å². The molecule has 0 fully saturated rings. The van der Waals surface area contributed by atoms with Gasteiger partial charge in [0.1, 0.15) is 11.3 Å². The van der Waals surface area contributed by atoms with E-state index in [1.807, 2.05) is 19.9 Å². The van der Waals surface area contributed by atoms with Crippen molar-refractivity contribution < 1.29 is 4.42 Å². The molecule has 0 saturated carbocycles. The minimum atomic E-state index is 0.209. The number of aryl methyl sites for hydroxylation is 1. The third-order valence-electron chi connectivity index (χ3n) is 2.26. The molecule has 0 amide bonds. The van der Waals surface area contributed by atoms with Crippen LogP contribution in [0.25, 0.3) is 11.0 Å². The van der Waals surface area contributed by atoms with Crippen LogP contribution >= 0.6 is 0 Å². The molecule has 2 rings (SSSR count). The highest BCUT2D eigenvalue weighted by atomic mass is 16.3. The molecule has 0 aliphatic heterocycles. The molecule has 2 heteroatoms. The van der Waals surface area contributed by atoms with Gasteiger partial charge < -0.3 is 10.2 Å². The summed E-state index contributed by atoms with van der Waals surface area (Å²) < 4.78 is 5.50. The zero-order valence-corrected chi connectivity index (χ0v) is 8.58. The average molecular weight is 189 g/mol. The van der Waals surface area contributed by atoms with Crippen LogP contribution in [0.2, 0.25) is 0 Å². The summed E-state index contributed by atoms with van der Waals surface area (Å²) in [5.41, 5.74) is 7.98. The maximum absolute atomic E-state index is 5.75. The first-order chi connectivity index (χ1) is 6.65. The number of fused-ring (bicyclic) bond motifs is 1. The lowest BCUT2D eigenvalue weighted by Crippen LogP contribution is -2.17. The molecule has 1 aromatic heterocycles. The number of nitrogens with two attached hydrogens (primary N) is 1. The third kappa shape index (κ3) is 1.80. The standard InChI is InChI=1S/C12H15NO/c1-8(13)5-10-3-4-12-11(7-10)6-9(2)14-12/h3-4,6-8H,5,13H2,1-2H3. The number of furan rings is 1. The van der Waals surface area contributed by atoms with E-state index in [0.717, 1.165) is 17.8 Å². The third-order valence-corrected chi connectivity index (χ3v) is 2.26. The Morgan fingerprint density at radius 2 is 2.14 bits per heavy atom. The van der Waals surface area contributed by atoms with Gasteiger partial charge in [-0.25, -0.2) is 0 Å². The van der Waals surface area contributed by atoms with Crippen LogP contribution in [0, 0.1) is 6.92 Å². The second-order valence-electron chi connectivity index (χ2n) is 3.91. The van der Waals surface area contributed by atoms with Crippen molar-refractivity contribution in [1.82, 2.24) is 0 Å². The van der Waals surface area contributed by atoms with E-state index in [1.54, 1.807) is 0 Å². The summed E-state index contributed by atoms with van der Waals surface area (Å²) in [7, 11) is 0. The number of hydrogen-bond acceptors (Lipinski definition) is 2. The molecular weight excluding hydrogens is 174 g/mol. The number of rotatable bonds is 2. The Kier molecular flexibility index (Phi) is 2.30. The average Bonchev–Trinajstić information content (AvgIpc) is 2.42. The van der Waals surface area contributed by atoms with E-state index in [1.165, 1.54) is 10.9 Å². The van der Waals surface area contributed by atoms with Crippen molar-refractivity contribution in [2.24, 2.45) is 5.73 Å². The molecule has 1 heterocycles. The Balaban J connectivity index is 2.40. The van der Waals surface area contributed by atoms with Crippen LogP contribution in [0.15, 0.2) is 28.7 Å². The van der Waals surface area contributed by atoms with Crippen LogP contribution in [-0.2, 0) is 6.42 Å². The zero-order chi connectivity index (χ0) is 10.1. The lowest BCUT2D eigenvalue weighted by atomic mass is 10.1. The largest absolute Gasteiger partial charge is 0.461 e. The smallest absolute Gasteiger partial charge is 0.134 e. The van der Waals surface area contributed by atoms with E-state index >= 15 is 0 Å². The Labute approximate surface area is 83.7 Å². The fourth-order valence-corrected chi connectivity index (χ4v) is 1.72. The van der Waals surface area contributed by atoms with Crippen LogP contribution in [0.4, 0.5) is 0 Å². The summed E-state index contributed by atoms with van der Waals surface area (Å²) in [5, 5.41) is 1.17. The van der Waals surface area contributed by atoms with Crippen molar-refractivity contribution >= 4 is 11.0 Å². The molecule has 0 radical (unpaired) electrons. The molecule has 2 N–H and O–H groups in total. The lowest BCUT2D eigenvalue weighted by Gasteiger charge is -2.04. The minimum absolute atomic E-state index is 0.209. The minimum Gasteiger partial charge on any atom is -0.461 e. The van der Waals surface area contributed by atoms with Crippen molar-refractivity contribution in [2.45, 2.75) is 26.3 Å². The molecule has 0 aliphatic carbocycles. The fraction of sp³-hybridized carbons (Fsp3) is 0.333. The number of hydrogen-bond donors (Lipinski definition) is 1. The van der Waals surface area contributed by atoms with Crippen LogP contribution in [-0.4, -0.2) is 6.04 Å². The summed E-state index contributed by atoms with van der Waals surface area (Å²) >= 11 is 0. The van der Waals surface area contributed by atoms with E-state index in [9.17, 15) is 0 Å². The van der Waals surface area contributed by atoms with E-state index in [2.05, 4.69) is 18.2 Å². The van der Waals surface area contributed by atoms with Gasteiger partial charge in [0.15, 0.2) is 0 Å². The first-order valence-corrected chi connectivity index (χ1v) is 4.90. The second-order valence-corrected chi connectivity index (χ2v) is 3.91. The Morgan fingerprint density at radius 1 is 1.36 bits per heavy atom. The van der Waals surface area contributed by atoms with Gasteiger partial charge in [0.05, 0.1) is 0 Å². The second kappa shape index (κ2) is 3.46. The first kappa shape index (κ1) is 9.28. The summed E-state index contributed by atoms with van der Waals surface area (Å²) in [6, 6.07) is 8.50. The van der Waals surface area contributed by atoms with Gasteiger partial charge in [-0.1, -0.05) is 6.07 Å². The molecule has 0 spiro atoms. The van der Waals surface area contributed by atoms with Gasteiger partial charge in [0, 0.05) is 11.4 Å². The van der Waals surface area contributed by atoms with Gasteiger partial charge in [-0.15, -0.1) is 0 Å². The van der Waals surface area contributed by atoms with Crippen LogP contribution in [0.1, 0.15) is 18.2 Å². The van der Waals surface area contributed by atoms with Crippen LogP contribution < -0.4 is 5.73 Å². The quantitative estimate of drug-likeness (QED) is 0.788. The Bertz CT molecular complexity index is 443. The molecule has 1 atom stereocenters. The Hall–Kier alpha value is -1.28.